The number of allylic oxidation sites excluding steroid dienone is 12. The van der Waals surface area contributed by atoms with E-state index in [0.29, 0.717) is 19.3 Å². The van der Waals surface area contributed by atoms with Gasteiger partial charge in [0.2, 0.25) is 0 Å². The lowest BCUT2D eigenvalue weighted by atomic mass is 9.98. The number of hydrogen-bond acceptors (Lipinski definition) is 11. The molecule has 3 N–H and O–H groups in total. The molecule has 1 saturated heterocycles. The van der Waals surface area contributed by atoms with Crippen molar-refractivity contribution in [2.45, 2.75) is 314 Å². The number of esters is 3. The van der Waals surface area contributed by atoms with Crippen LogP contribution < -0.4 is 0 Å². The molecule has 6 atom stereocenters. The third kappa shape index (κ3) is 44.5. The van der Waals surface area contributed by atoms with Crippen molar-refractivity contribution in [3.05, 3.63) is 72.9 Å². The van der Waals surface area contributed by atoms with Crippen LogP contribution in [0.15, 0.2) is 72.9 Å². The molecule has 0 spiro atoms. The van der Waals surface area contributed by atoms with Crippen LogP contribution in [0.5, 0.6) is 0 Å². The number of carbonyl (C=O) groups is 4. The van der Waals surface area contributed by atoms with Gasteiger partial charge < -0.3 is 39.0 Å². The van der Waals surface area contributed by atoms with E-state index in [2.05, 4.69) is 93.7 Å². The van der Waals surface area contributed by atoms with Crippen molar-refractivity contribution in [1.82, 2.24) is 0 Å². The second-order valence-corrected chi connectivity index (χ2v) is 21.7. The summed E-state index contributed by atoms with van der Waals surface area (Å²) < 4.78 is 28.5. The number of carboxylic acids is 1. The fraction of sp³-hybridized carbons (Fsp3) is 0.761. The van der Waals surface area contributed by atoms with Crippen LogP contribution in [-0.2, 0) is 42.9 Å². The zero-order chi connectivity index (χ0) is 57.5. The minimum absolute atomic E-state index is 0.0580. The van der Waals surface area contributed by atoms with Crippen molar-refractivity contribution in [3.8, 4) is 0 Å². The molecule has 0 saturated carbocycles. The summed E-state index contributed by atoms with van der Waals surface area (Å²) in [5.74, 6) is -3.15. The lowest BCUT2D eigenvalue weighted by molar-refractivity contribution is -0.301. The average Bonchev–Trinajstić information content (AvgIpc) is 3.47. The van der Waals surface area contributed by atoms with Gasteiger partial charge in [-0.15, -0.1) is 0 Å². The number of ether oxygens (including phenoxy) is 5. The zero-order valence-electron chi connectivity index (χ0n) is 50.1. The van der Waals surface area contributed by atoms with E-state index in [9.17, 15) is 34.5 Å². The van der Waals surface area contributed by atoms with Crippen molar-refractivity contribution >= 4 is 23.9 Å². The fourth-order valence-electron chi connectivity index (χ4n) is 9.39. The summed E-state index contributed by atoms with van der Waals surface area (Å²) in [7, 11) is 0. The van der Waals surface area contributed by atoms with E-state index in [1.807, 2.05) is 0 Å². The van der Waals surface area contributed by atoms with Crippen LogP contribution in [0.4, 0.5) is 0 Å². The summed E-state index contributed by atoms with van der Waals surface area (Å²) in [6.07, 6.45) is 57.3. The van der Waals surface area contributed by atoms with Gasteiger partial charge >= 0.3 is 23.9 Å². The molecule has 0 radical (unpaired) electrons. The molecule has 0 amide bonds. The third-order valence-electron chi connectivity index (χ3n) is 14.3. The second kappa shape index (κ2) is 54.7. The number of aliphatic hydroxyl groups excluding tert-OH is 2. The van der Waals surface area contributed by atoms with Crippen LogP contribution in [0.25, 0.3) is 0 Å². The average molecular weight is 1110 g/mol. The van der Waals surface area contributed by atoms with Gasteiger partial charge in [-0.2, -0.15) is 0 Å². The Morgan fingerprint density at radius 3 is 1.24 bits per heavy atom. The monoisotopic (exact) mass is 1110 g/mol. The molecule has 12 heteroatoms. The first kappa shape index (κ1) is 73.2. The molecule has 1 rings (SSSR count). The predicted octanol–water partition coefficient (Wildman–Crippen LogP) is 16.9. The highest BCUT2D eigenvalue weighted by Gasteiger charge is 2.50. The van der Waals surface area contributed by atoms with Gasteiger partial charge in [0.05, 0.1) is 6.61 Å². The molecular weight excluding hydrogens is 997 g/mol. The Balaban J connectivity index is 2.67. The van der Waals surface area contributed by atoms with Gasteiger partial charge in [-0.05, 0) is 89.9 Å². The Labute approximate surface area is 480 Å². The van der Waals surface area contributed by atoms with Crippen LogP contribution in [0, 0.1) is 0 Å². The molecule has 0 aromatic heterocycles. The first-order valence-corrected chi connectivity index (χ1v) is 31.9. The first-order valence-electron chi connectivity index (χ1n) is 31.9. The standard InChI is InChI=1S/C67H114O12/c1-4-7-10-13-16-19-22-24-26-28-30-32-34-36-39-41-44-47-50-53-59(68)75-56-58(77-60(69)54-51-48-45-43-40-37-35-33-31-29-27-25-23-20-17-14-11-8-5-2)57-76-67-65(63(72)62(71)64(79-67)66(73)74)78-61(70)55-52-49-46-42-38-21-18-15-12-9-6-3/h7,10,16,19,24-27,30,32,36,39,58,62-65,67,71-72H,4-6,8-9,11-15,17-18,20-23,28-29,31,33-35,37-38,40-57H2,1-3H3,(H,73,74)/b10-7-,19-16-,26-24-,27-25-,32-30-,39-36-. The number of aliphatic hydroxyl groups is 2. The molecule has 0 aromatic carbocycles. The minimum Gasteiger partial charge on any atom is -0.479 e. The van der Waals surface area contributed by atoms with E-state index < -0.39 is 67.3 Å². The van der Waals surface area contributed by atoms with Gasteiger partial charge in [-0.3, -0.25) is 14.4 Å². The van der Waals surface area contributed by atoms with Crippen molar-refractivity contribution in [3.63, 3.8) is 0 Å². The number of hydrogen-bond donors (Lipinski definition) is 3. The van der Waals surface area contributed by atoms with E-state index in [4.69, 9.17) is 23.7 Å². The Kier molecular flexibility index (Phi) is 50.7. The van der Waals surface area contributed by atoms with Gasteiger partial charge in [0.15, 0.2) is 24.6 Å². The molecule has 1 aliphatic rings. The highest BCUT2D eigenvalue weighted by molar-refractivity contribution is 5.74. The lowest BCUT2D eigenvalue weighted by Gasteiger charge is -2.40. The molecule has 1 heterocycles. The highest BCUT2D eigenvalue weighted by Crippen LogP contribution is 2.27. The normalized spacial score (nSPS) is 18.3. The molecule has 454 valence electrons. The molecular formula is C67H114O12. The predicted molar refractivity (Wildman–Crippen MR) is 322 cm³/mol. The van der Waals surface area contributed by atoms with E-state index in [1.165, 1.54) is 116 Å². The maximum Gasteiger partial charge on any atom is 0.335 e. The number of carbonyl (C=O) groups excluding carboxylic acids is 3. The number of aliphatic carboxylic acids is 1. The van der Waals surface area contributed by atoms with Crippen molar-refractivity contribution in [1.29, 1.82) is 0 Å². The summed E-state index contributed by atoms with van der Waals surface area (Å²) in [4.78, 5) is 51.2. The van der Waals surface area contributed by atoms with Crippen LogP contribution >= 0.6 is 0 Å². The third-order valence-corrected chi connectivity index (χ3v) is 14.3. The number of unbranched alkanes of at least 4 members (excludes halogenated alkanes) is 28. The van der Waals surface area contributed by atoms with Gasteiger partial charge in [-0.1, -0.05) is 241 Å². The van der Waals surface area contributed by atoms with E-state index in [-0.39, 0.29) is 25.9 Å². The van der Waals surface area contributed by atoms with Crippen LogP contribution in [0.3, 0.4) is 0 Å². The molecule has 1 fully saturated rings. The Morgan fingerprint density at radius 2 is 0.797 bits per heavy atom. The van der Waals surface area contributed by atoms with E-state index in [0.717, 1.165) is 103 Å². The first-order chi connectivity index (χ1) is 38.6. The summed E-state index contributed by atoms with van der Waals surface area (Å²) in [6, 6.07) is 0. The van der Waals surface area contributed by atoms with Gasteiger partial charge in [0.25, 0.3) is 0 Å². The molecule has 79 heavy (non-hydrogen) atoms. The van der Waals surface area contributed by atoms with Gasteiger partial charge in [0.1, 0.15) is 18.8 Å². The molecule has 0 aliphatic carbocycles. The maximum absolute atomic E-state index is 13.2. The summed E-state index contributed by atoms with van der Waals surface area (Å²) >= 11 is 0. The minimum atomic E-state index is -1.91. The fourth-order valence-corrected chi connectivity index (χ4v) is 9.39. The van der Waals surface area contributed by atoms with Crippen LogP contribution in [-0.4, -0.2) is 89.2 Å². The number of rotatable bonds is 54. The smallest absolute Gasteiger partial charge is 0.335 e. The molecule has 1 aliphatic heterocycles. The van der Waals surface area contributed by atoms with Crippen molar-refractivity contribution < 1.29 is 58.2 Å². The van der Waals surface area contributed by atoms with Crippen molar-refractivity contribution in [2.75, 3.05) is 13.2 Å². The molecule has 0 aromatic rings. The Morgan fingerprint density at radius 1 is 0.430 bits per heavy atom. The molecule has 6 unspecified atom stereocenters. The Hall–Kier alpha value is -3.84. The Bertz CT molecular complexity index is 1650. The topological polar surface area (TPSA) is 175 Å². The molecule has 12 nitrogen and oxygen atoms in total. The lowest BCUT2D eigenvalue weighted by Crippen LogP contribution is -2.61. The molecule has 0 bridgehead atoms. The quantitative estimate of drug-likeness (QED) is 0.0228. The summed E-state index contributed by atoms with van der Waals surface area (Å²) in [5, 5.41) is 31.5. The van der Waals surface area contributed by atoms with Crippen LogP contribution in [0.2, 0.25) is 0 Å². The zero-order valence-corrected chi connectivity index (χ0v) is 50.1. The highest BCUT2D eigenvalue weighted by atomic mass is 16.7. The summed E-state index contributed by atoms with van der Waals surface area (Å²) in [5.41, 5.74) is 0. The number of carboxylic acid groups (broad SMARTS) is 1. The SMILES string of the molecule is CC/C=C\C/C=C\C/C=C\C/C=C\C/C=C\CCCCCC(=O)OCC(COC1OC(C(=O)O)C(O)C(O)C1OC(=O)CCCCCCCCCCCCC)OC(=O)CCCCCCCCCCC/C=C\CCCCCCCC. The second-order valence-electron chi connectivity index (χ2n) is 21.7. The maximum atomic E-state index is 13.2. The van der Waals surface area contributed by atoms with E-state index in [1.54, 1.807) is 0 Å². The van der Waals surface area contributed by atoms with Gasteiger partial charge in [0, 0.05) is 19.3 Å². The van der Waals surface area contributed by atoms with Crippen molar-refractivity contribution in [2.24, 2.45) is 0 Å². The van der Waals surface area contributed by atoms with Crippen LogP contribution in [0.1, 0.15) is 278 Å². The van der Waals surface area contributed by atoms with E-state index >= 15 is 0 Å². The van der Waals surface area contributed by atoms with Gasteiger partial charge in [-0.25, -0.2) is 4.79 Å². The largest absolute Gasteiger partial charge is 0.479 e. The summed E-state index contributed by atoms with van der Waals surface area (Å²) in [6.45, 7) is 5.86.